The van der Waals surface area contributed by atoms with Gasteiger partial charge in [0.15, 0.2) is 5.16 Å². The van der Waals surface area contributed by atoms with E-state index in [1.165, 1.54) is 11.8 Å². The Bertz CT molecular complexity index is 623. The zero-order valence-electron chi connectivity index (χ0n) is 12.4. The summed E-state index contributed by atoms with van der Waals surface area (Å²) in [6.07, 6.45) is 1.38. The van der Waals surface area contributed by atoms with Crippen LogP contribution in [0, 0.1) is 6.92 Å². The molecule has 1 N–H and O–H groups in total. The Kier molecular flexibility index (Phi) is 6.02. The van der Waals surface area contributed by atoms with Crippen LogP contribution in [0.25, 0.3) is 0 Å². The predicted octanol–water partition coefficient (Wildman–Crippen LogP) is 3.13. The Labute approximate surface area is 133 Å². The largest absolute Gasteiger partial charge is 0.474 e. The van der Waals surface area contributed by atoms with Crippen molar-refractivity contribution in [3.8, 4) is 5.88 Å². The number of carbonyl (C=O) groups is 1. The van der Waals surface area contributed by atoms with Crippen LogP contribution in [0.1, 0.15) is 5.69 Å². The summed E-state index contributed by atoms with van der Waals surface area (Å²) in [5.41, 5.74) is 1.52. The van der Waals surface area contributed by atoms with Gasteiger partial charge in [0.1, 0.15) is 13.2 Å². The lowest BCUT2D eigenvalue weighted by Crippen LogP contribution is -2.17. The van der Waals surface area contributed by atoms with E-state index in [0.29, 0.717) is 16.7 Å². The van der Waals surface area contributed by atoms with Gasteiger partial charge in [-0.15, -0.1) is 0 Å². The molecule has 0 atom stereocenters. The molecule has 2 aromatic rings. The van der Waals surface area contributed by atoms with Crippen molar-refractivity contribution in [1.82, 2.24) is 9.97 Å². The van der Waals surface area contributed by atoms with E-state index >= 15 is 0 Å². The van der Waals surface area contributed by atoms with Gasteiger partial charge in [-0.05, 0) is 25.3 Å². The van der Waals surface area contributed by atoms with Gasteiger partial charge in [-0.25, -0.2) is 9.78 Å². The van der Waals surface area contributed by atoms with Gasteiger partial charge in [-0.3, -0.25) is 5.32 Å². The van der Waals surface area contributed by atoms with E-state index in [-0.39, 0.29) is 13.2 Å². The minimum Gasteiger partial charge on any atom is -0.474 e. The van der Waals surface area contributed by atoms with Crippen LogP contribution in [0.15, 0.2) is 41.6 Å². The zero-order chi connectivity index (χ0) is 15.8. The number of aryl methyl sites for hydroxylation is 1. The molecule has 0 spiro atoms. The standard InChI is InChI=1S/C15H17N3O3S/c1-11-10-13(18-14(16-11)22-2)20-8-9-21-15(19)17-12-6-4-3-5-7-12/h3-7,10H,8-9H2,1-2H3,(H,17,19). The molecule has 0 bridgehead atoms. The maximum atomic E-state index is 11.6. The molecular formula is C15H17N3O3S. The summed E-state index contributed by atoms with van der Waals surface area (Å²) in [6, 6.07) is 10.8. The predicted molar refractivity (Wildman–Crippen MR) is 85.5 cm³/mol. The number of carbonyl (C=O) groups excluding carboxylic acids is 1. The van der Waals surface area contributed by atoms with Crippen LogP contribution in [0.3, 0.4) is 0 Å². The van der Waals surface area contributed by atoms with Crippen LogP contribution < -0.4 is 10.1 Å². The molecule has 0 unspecified atom stereocenters. The first-order chi connectivity index (χ1) is 10.7. The van der Waals surface area contributed by atoms with Crippen molar-refractivity contribution in [3.63, 3.8) is 0 Å². The molecule has 1 heterocycles. The van der Waals surface area contributed by atoms with E-state index in [1.807, 2.05) is 31.4 Å². The molecule has 6 nitrogen and oxygen atoms in total. The average molecular weight is 319 g/mol. The Morgan fingerprint density at radius 2 is 2.00 bits per heavy atom. The number of nitrogens with one attached hydrogen (secondary N) is 1. The van der Waals surface area contributed by atoms with Gasteiger partial charge in [0.25, 0.3) is 0 Å². The lowest BCUT2D eigenvalue weighted by molar-refractivity contribution is 0.136. The molecular weight excluding hydrogens is 302 g/mol. The highest BCUT2D eigenvalue weighted by Crippen LogP contribution is 2.15. The summed E-state index contributed by atoms with van der Waals surface area (Å²) in [5, 5.41) is 3.27. The Hall–Kier alpha value is -2.28. The second-order valence-corrected chi connectivity index (χ2v) is 5.08. The molecule has 0 aliphatic carbocycles. The first-order valence-corrected chi connectivity index (χ1v) is 7.91. The molecule has 0 saturated carbocycles. The van der Waals surface area contributed by atoms with E-state index in [0.717, 1.165) is 5.69 Å². The number of thioether (sulfide) groups is 1. The molecule has 116 valence electrons. The average Bonchev–Trinajstić information content (AvgIpc) is 2.52. The molecule has 2 rings (SSSR count). The molecule has 0 fully saturated rings. The third-order valence-electron chi connectivity index (χ3n) is 2.58. The van der Waals surface area contributed by atoms with Crippen LogP contribution in [-0.4, -0.2) is 35.5 Å². The van der Waals surface area contributed by atoms with Crippen molar-refractivity contribution >= 4 is 23.5 Å². The van der Waals surface area contributed by atoms with Crippen molar-refractivity contribution in [1.29, 1.82) is 0 Å². The minimum atomic E-state index is -0.515. The normalized spacial score (nSPS) is 10.1. The van der Waals surface area contributed by atoms with Gasteiger partial charge in [-0.1, -0.05) is 30.0 Å². The highest BCUT2D eigenvalue weighted by Gasteiger charge is 2.05. The summed E-state index contributed by atoms with van der Waals surface area (Å²) in [7, 11) is 0. The van der Waals surface area contributed by atoms with E-state index in [9.17, 15) is 4.79 Å². The smallest absolute Gasteiger partial charge is 0.411 e. The number of hydrogen-bond donors (Lipinski definition) is 1. The van der Waals surface area contributed by atoms with Crippen LogP contribution in [-0.2, 0) is 4.74 Å². The number of aromatic nitrogens is 2. The molecule has 0 radical (unpaired) electrons. The fourth-order valence-electron chi connectivity index (χ4n) is 1.63. The summed E-state index contributed by atoms with van der Waals surface area (Å²) in [6.45, 7) is 2.24. The molecule has 7 heteroatoms. The summed E-state index contributed by atoms with van der Waals surface area (Å²) in [4.78, 5) is 20.0. The van der Waals surface area contributed by atoms with Crippen LogP contribution in [0.4, 0.5) is 10.5 Å². The van der Waals surface area contributed by atoms with Crippen LogP contribution in [0.2, 0.25) is 0 Å². The summed E-state index contributed by atoms with van der Waals surface area (Å²) < 4.78 is 10.5. The number of rotatable bonds is 6. The Morgan fingerprint density at radius 3 is 2.73 bits per heavy atom. The fraction of sp³-hybridized carbons (Fsp3) is 0.267. The van der Waals surface area contributed by atoms with Crippen molar-refractivity contribution in [2.75, 3.05) is 24.8 Å². The Balaban J connectivity index is 1.73. The van der Waals surface area contributed by atoms with Gasteiger partial charge in [0.2, 0.25) is 5.88 Å². The number of nitrogens with zero attached hydrogens (tertiary/aromatic N) is 2. The number of benzene rings is 1. The number of anilines is 1. The van der Waals surface area contributed by atoms with Crippen molar-refractivity contribution in [2.24, 2.45) is 0 Å². The first-order valence-electron chi connectivity index (χ1n) is 6.68. The van der Waals surface area contributed by atoms with Crippen molar-refractivity contribution < 1.29 is 14.3 Å². The summed E-state index contributed by atoms with van der Waals surface area (Å²) in [5.74, 6) is 0.476. The second kappa shape index (κ2) is 8.23. The maximum Gasteiger partial charge on any atom is 0.411 e. The van der Waals surface area contributed by atoms with E-state index in [4.69, 9.17) is 9.47 Å². The Morgan fingerprint density at radius 1 is 1.23 bits per heavy atom. The van der Waals surface area contributed by atoms with Gasteiger partial charge in [-0.2, -0.15) is 4.98 Å². The molecule has 1 aromatic heterocycles. The number of para-hydroxylation sites is 1. The fourth-order valence-corrected chi connectivity index (χ4v) is 2.05. The second-order valence-electron chi connectivity index (χ2n) is 4.31. The van der Waals surface area contributed by atoms with Crippen LogP contribution in [0.5, 0.6) is 5.88 Å². The van der Waals surface area contributed by atoms with E-state index in [1.54, 1.807) is 18.2 Å². The van der Waals surface area contributed by atoms with Gasteiger partial charge in [0.05, 0.1) is 0 Å². The van der Waals surface area contributed by atoms with E-state index in [2.05, 4.69) is 15.3 Å². The van der Waals surface area contributed by atoms with Gasteiger partial charge < -0.3 is 9.47 Å². The number of amides is 1. The highest BCUT2D eigenvalue weighted by molar-refractivity contribution is 7.98. The lowest BCUT2D eigenvalue weighted by Gasteiger charge is -2.09. The molecule has 1 aromatic carbocycles. The molecule has 1 amide bonds. The quantitative estimate of drug-likeness (QED) is 0.501. The molecule has 0 aliphatic heterocycles. The summed E-state index contributed by atoms with van der Waals surface area (Å²) >= 11 is 1.44. The van der Waals surface area contributed by atoms with Crippen LogP contribution >= 0.6 is 11.8 Å². The highest BCUT2D eigenvalue weighted by atomic mass is 32.2. The molecule has 22 heavy (non-hydrogen) atoms. The first kappa shape index (κ1) is 16.1. The number of hydrogen-bond acceptors (Lipinski definition) is 6. The molecule has 0 aliphatic rings. The zero-order valence-corrected chi connectivity index (χ0v) is 13.2. The van der Waals surface area contributed by atoms with Crippen molar-refractivity contribution in [2.45, 2.75) is 12.1 Å². The topological polar surface area (TPSA) is 73.3 Å². The third-order valence-corrected chi connectivity index (χ3v) is 3.13. The minimum absolute atomic E-state index is 0.135. The third kappa shape index (κ3) is 5.25. The SMILES string of the molecule is CSc1nc(C)cc(OCCOC(=O)Nc2ccccc2)n1. The lowest BCUT2D eigenvalue weighted by atomic mass is 10.3. The number of ether oxygens (including phenoxy) is 2. The van der Waals surface area contributed by atoms with E-state index < -0.39 is 6.09 Å². The maximum absolute atomic E-state index is 11.6. The van der Waals surface area contributed by atoms with Gasteiger partial charge in [0, 0.05) is 17.4 Å². The molecule has 0 saturated heterocycles. The van der Waals surface area contributed by atoms with Crippen molar-refractivity contribution in [3.05, 3.63) is 42.1 Å². The monoisotopic (exact) mass is 319 g/mol. The van der Waals surface area contributed by atoms with Gasteiger partial charge >= 0.3 is 6.09 Å².